The summed E-state index contributed by atoms with van der Waals surface area (Å²) in [5, 5.41) is 3.52. The minimum absolute atomic E-state index is 0.779. The molecule has 1 aliphatic heterocycles. The molecule has 2 heteroatoms. The fraction of sp³-hybridized carbons (Fsp3) is 1.00. The molecule has 1 saturated heterocycles. The molecule has 14 heavy (non-hydrogen) atoms. The number of nitrogens with zero attached hydrogens (tertiary/aromatic N) is 1. The van der Waals surface area contributed by atoms with Crippen LogP contribution >= 0.6 is 0 Å². The minimum atomic E-state index is 0.779. The normalized spacial score (nSPS) is 39.9. The molecule has 2 rings (SSSR count). The first-order valence-corrected chi connectivity index (χ1v) is 6.15. The van der Waals surface area contributed by atoms with Gasteiger partial charge in [0.25, 0.3) is 0 Å². The Balaban J connectivity index is 1.93. The molecular weight excluding hydrogens is 172 g/mol. The monoisotopic (exact) mass is 196 g/mol. The van der Waals surface area contributed by atoms with Crippen molar-refractivity contribution in [3.05, 3.63) is 0 Å². The summed E-state index contributed by atoms with van der Waals surface area (Å²) in [5.41, 5.74) is 0. The van der Waals surface area contributed by atoms with Crippen LogP contribution in [0.4, 0.5) is 0 Å². The Morgan fingerprint density at radius 3 is 2.57 bits per heavy atom. The van der Waals surface area contributed by atoms with E-state index in [0.717, 1.165) is 23.9 Å². The van der Waals surface area contributed by atoms with E-state index in [9.17, 15) is 0 Å². The zero-order chi connectivity index (χ0) is 10.1. The summed E-state index contributed by atoms with van der Waals surface area (Å²) in [6.07, 6.45) is 2.87. The van der Waals surface area contributed by atoms with Crippen LogP contribution in [0.1, 0.15) is 33.6 Å². The van der Waals surface area contributed by atoms with Gasteiger partial charge in [0, 0.05) is 31.7 Å². The molecule has 1 heterocycles. The molecule has 2 aliphatic rings. The predicted octanol–water partition coefficient (Wildman–Crippen LogP) is 1.71. The van der Waals surface area contributed by atoms with Crippen LogP contribution in [-0.2, 0) is 0 Å². The van der Waals surface area contributed by atoms with Crippen molar-refractivity contribution in [3.8, 4) is 0 Å². The molecule has 0 aromatic rings. The van der Waals surface area contributed by atoms with Crippen LogP contribution in [0.3, 0.4) is 0 Å². The van der Waals surface area contributed by atoms with Gasteiger partial charge in [-0.05, 0) is 24.7 Å². The highest BCUT2D eigenvalue weighted by Crippen LogP contribution is 2.33. The summed E-state index contributed by atoms with van der Waals surface area (Å²) >= 11 is 0. The third kappa shape index (κ3) is 1.96. The van der Waals surface area contributed by atoms with Gasteiger partial charge in [0.1, 0.15) is 0 Å². The van der Waals surface area contributed by atoms with Gasteiger partial charge < -0.3 is 5.32 Å². The van der Waals surface area contributed by atoms with Gasteiger partial charge >= 0.3 is 0 Å². The topological polar surface area (TPSA) is 15.3 Å². The highest BCUT2D eigenvalue weighted by atomic mass is 15.2. The van der Waals surface area contributed by atoms with E-state index in [1.807, 2.05) is 0 Å². The molecule has 0 spiro atoms. The lowest BCUT2D eigenvalue weighted by atomic mass is 9.79. The van der Waals surface area contributed by atoms with Crippen molar-refractivity contribution in [3.63, 3.8) is 0 Å². The second kappa shape index (κ2) is 4.19. The molecule has 1 aliphatic carbocycles. The Morgan fingerprint density at radius 1 is 1.29 bits per heavy atom. The van der Waals surface area contributed by atoms with Gasteiger partial charge in [-0.2, -0.15) is 0 Å². The van der Waals surface area contributed by atoms with Gasteiger partial charge in [-0.3, -0.25) is 4.90 Å². The van der Waals surface area contributed by atoms with Crippen LogP contribution in [0, 0.1) is 11.8 Å². The van der Waals surface area contributed by atoms with Crippen LogP contribution in [-0.4, -0.2) is 36.6 Å². The van der Waals surface area contributed by atoms with Gasteiger partial charge in [-0.25, -0.2) is 0 Å². The van der Waals surface area contributed by atoms with E-state index in [-0.39, 0.29) is 0 Å². The Hall–Kier alpha value is -0.0800. The maximum absolute atomic E-state index is 3.52. The van der Waals surface area contributed by atoms with Crippen molar-refractivity contribution >= 4 is 0 Å². The molecular formula is C12H24N2. The zero-order valence-electron chi connectivity index (χ0n) is 9.79. The van der Waals surface area contributed by atoms with Gasteiger partial charge in [-0.1, -0.05) is 20.8 Å². The smallest absolute Gasteiger partial charge is 0.0247 e. The van der Waals surface area contributed by atoms with E-state index in [1.165, 1.54) is 32.5 Å². The van der Waals surface area contributed by atoms with Gasteiger partial charge in [0.15, 0.2) is 0 Å². The van der Waals surface area contributed by atoms with Crippen LogP contribution < -0.4 is 5.32 Å². The summed E-state index contributed by atoms with van der Waals surface area (Å²) in [7, 11) is 0. The lowest BCUT2D eigenvalue weighted by molar-refractivity contribution is 0.0155. The highest BCUT2D eigenvalue weighted by molar-refractivity contribution is 4.92. The van der Waals surface area contributed by atoms with Crippen LogP contribution in [0.25, 0.3) is 0 Å². The van der Waals surface area contributed by atoms with Crippen molar-refractivity contribution in [1.82, 2.24) is 10.2 Å². The van der Waals surface area contributed by atoms with Crippen LogP contribution in [0.5, 0.6) is 0 Å². The number of hydrogen-bond donors (Lipinski definition) is 1. The molecule has 1 atom stereocenters. The zero-order valence-corrected chi connectivity index (χ0v) is 9.79. The van der Waals surface area contributed by atoms with Crippen molar-refractivity contribution < 1.29 is 0 Å². The van der Waals surface area contributed by atoms with Crippen molar-refractivity contribution in [2.45, 2.75) is 45.7 Å². The predicted molar refractivity (Wildman–Crippen MR) is 60.4 cm³/mol. The summed E-state index contributed by atoms with van der Waals surface area (Å²) in [6.45, 7) is 10.7. The molecule has 0 radical (unpaired) electrons. The fourth-order valence-corrected chi connectivity index (χ4v) is 2.94. The SMILES string of the molecule is CC1CC(N2CCNCC2C(C)C)C1. The molecule has 0 bridgehead atoms. The average Bonchev–Trinajstić information content (AvgIpc) is 2.13. The van der Waals surface area contributed by atoms with E-state index >= 15 is 0 Å². The first-order valence-electron chi connectivity index (χ1n) is 6.15. The molecule has 0 amide bonds. The standard InChI is InChI=1S/C12H24N2/c1-9(2)12-8-13-4-5-14(12)11-6-10(3)7-11/h9-13H,4-8H2,1-3H3. The van der Waals surface area contributed by atoms with E-state index in [0.29, 0.717) is 0 Å². The quantitative estimate of drug-likeness (QED) is 0.723. The van der Waals surface area contributed by atoms with E-state index in [2.05, 4.69) is 31.0 Å². The molecule has 2 fully saturated rings. The molecule has 1 N–H and O–H groups in total. The Morgan fingerprint density at radius 2 is 2.00 bits per heavy atom. The van der Waals surface area contributed by atoms with Gasteiger partial charge in [-0.15, -0.1) is 0 Å². The first-order chi connectivity index (χ1) is 6.68. The largest absolute Gasteiger partial charge is 0.314 e. The Kier molecular flexibility index (Phi) is 3.13. The summed E-state index contributed by atoms with van der Waals surface area (Å²) in [6, 6.07) is 1.68. The lowest BCUT2D eigenvalue weighted by Gasteiger charge is -2.49. The number of piperazine rings is 1. The third-order valence-corrected chi connectivity index (χ3v) is 3.91. The number of nitrogens with one attached hydrogen (secondary N) is 1. The van der Waals surface area contributed by atoms with Crippen molar-refractivity contribution in [1.29, 1.82) is 0 Å². The summed E-state index contributed by atoms with van der Waals surface area (Å²) in [5.74, 6) is 1.77. The second-order valence-electron chi connectivity index (χ2n) is 5.48. The Labute approximate surface area is 88.1 Å². The second-order valence-corrected chi connectivity index (χ2v) is 5.48. The lowest BCUT2D eigenvalue weighted by Crippen LogP contribution is -2.59. The molecule has 2 nitrogen and oxygen atoms in total. The molecule has 0 aromatic heterocycles. The maximum atomic E-state index is 3.52. The maximum Gasteiger partial charge on any atom is 0.0247 e. The first kappa shape index (κ1) is 10.4. The molecule has 1 saturated carbocycles. The fourth-order valence-electron chi connectivity index (χ4n) is 2.94. The summed E-state index contributed by atoms with van der Waals surface area (Å²) in [4.78, 5) is 2.77. The Bertz CT molecular complexity index is 185. The van der Waals surface area contributed by atoms with E-state index < -0.39 is 0 Å². The highest BCUT2D eigenvalue weighted by Gasteiger charge is 2.36. The number of hydrogen-bond acceptors (Lipinski definition) is 2. The molecule has 1 unspecified atom stereocenters. The average molecular weight is 196 g/mol. The van der Waals surface area contributed by atoms with Gasteiger partial charge in [0.2, 0.25) is 0 Å². The minimum Gasteiger partial charge on any atom is -0.314 e. The van der Waals surface area contributed by atoms with Crippen LogP contribution in [0.2, 0.25) is 0 Å². The van der Waals surface area contributed by atoms with E-state index in [1.54, 1.807) is 0 Å². The van der Waals surface area contributed by atoms with Crippen molar-refractivity contribution in [2.24, 2.45) is 11.8 Å². The molecule has 0 aromatic carbocycles. The number of rotatable bonds is 2. The van der Waals surface area contributed by atoms with Crippen LogP contribution in [0.15, 0.2) is 0 Å². The molecule has 82 valence electrons. The van der Waals surface area contributed by atoms with E-state index in [4.69, 9.17) is 0 Å². The van der Waals surface area contributed by atoms with Crippen molar-refractivity contribution in [2.75, 3.05) is 19.6 Å². The summed E-state index contributed by atoms with van der Waals surface area (Å²) < 4.78 is 0. The van der Waals surface area contributed by atoms with Gasteiger partial charge in [0.05, 0.1) is 0 Å². The third-order valence-electron chi connectivity index (χ3n) is 3.91.